The molecule has 1 aliphatic heterocycles. The predicted octanol–water partition coefficient (Wildman–Crippen LogP) is 2.45. The van der Waals surface area contributed by atoms with Crippen LogP contribution in [0, 0.1) is 5.92 Å². The summed E-state index contributed by atoms with van der Waals surface area (Å²) in [6, 6.07) is 1.48. The molecule has 0 unspecified atom stereocenters. The van der Waals surface area contributed by atoms with E-state index in [0.717, 1.165) is 12.0 Å². The number of hydrogen-bond donors (Lipinski definition) is 0. The molecule has 1 saturated heterocycles. The maximum atomic E-state index is 2.66. The highest BCUT2D eigenvalue weighted by Crippen LogP contribution is 2.16. The molecule has 2 heteroatoms. The van der Waals surface area contributed by atoms with E-state index in [2.05, 4.69) is 44.4 Å². The first kappa shape index (κ1) is 13.0. The van der Waals surface area contributed by atoms with Crippen molar-refractivity contribution in [1.29, 1.82) is 0 Å². The zero-order valence-electron chi connectivity index (χ0n) is 11.2. The Morgan fingerprint density at radius 2 is 1.80 bits per heavy atom. The summed E-state index contributed by atoms with van der Waals surface area (Å²) in [6.45, 7) is 16.6. The molecule has 0 radical (unpaired) electrons. The van der Waals surface area contributed by atoms with Crippen molar-refractivity contribution in [2.75, 3.05) is 26.2 Å². The molecular weight excluding hydrogens is 184 g/mol. The van der Waals surface area contributed by atoms with E-state index in [-0.39, 0.29) is 0 Å². The van der Waals surface area contributed by atoms with Gasteiger partial charge in [-0.1, -0.05) is 20.8 Å². The standard InChI is InChI=1S/C13H28N2/c1-6-13-10-14(9-11(2)3)7-8-15(13)12(4)5/h11-13H,6-10H2,1-5H3/t13-/m0/s1. The van der Waals surface area contributed by atoms with Gasteiger partial charge in [0.2, 0.25) is 0 Å². The molecule has 1 rings (SSSR count). The van der Waals surface area contributed by atoms with Gasteiger partial charge < -0.3 is 4.90 Å². The van der Waals surface area contributed by atoms with Gasteiger partial charge >= 0.3 is 0 Å². The number of hydrogen-bond acceptors (Lipinski definition) is 2. The first-order chi connectivity index (χ1) is 7.04. The summed E-state index contributed by atoms with van der Waals surface area (Å²) in [5.74, 6) is 0.799. The molecule has 0 aliphatic carbocycles. The van der Waals surface area contributed by atoms with Crippen LogP contribution < -0.4 is 0 Å². The molecule has 0 aromatic heterocycles. The van der Waals surface area contributed by atoms with Crippen LogP contribution in [0.1, 0.15) is 41.0 Å². The van der Waals surface area contributed by atoms with Gasteiger partial charge in [0.15, 0.2) is 0 Å². The maximum absolute atomic E-state index is 2.66. The van der Waals surface area contributed by atoms with E-state index < -0.39 is 0 Å². The Morgan fingerprint density at radius 3 is 2.27 bits per heavy atom. The SMILES string of the molecule is CC[C@H]1CN(CC(C)C)CCN1C(C)C. The Kier molecular flexibility index (Phi) is 5.07. The van der Waals surface area contributed by atoms with Gasteiger partial charge in [0.1, 0.15) is 0 Å². The van der Waals surface area contributed by atoms with E-state index in [1.54, 1.807) is 0 Å². The molecule has 1 atom stereocenters. The molecule has 0 N–H and O–H groups in total. The van der Waals surface area contributed by atoms with Crippen LogP contribution in [0.15, 0.2) is 0 Å². The highest BCUT2D eigenvalue weighted by atomic mass is 15.3. The monoisotopic (exact) mass is 212 g/mol. The van der Waals surface area contributed by atoms with Crippen molar-refractivity contribution >= 4 is 0 Å². The topological polar surface area (TPSA) is 6.48 Å². The molecule has 0 bridgehead atoms. The van der Waals surface area contributed by atoms with Gasteiger partial charge in [0, 0.05) is 38.3 Å². The van der Waals surface area contributed by atoms with Gasteiger partial charge in [-0.3, -0.25) is 4.90 Å². The van der Waals surface area contributed by atoms with Crippen molar-refractivity contribution in [2.45, 2.75) is 53.1 Å². The summed E-state index contributed by atoms with van der Waals surface area (Å²) >= 11 is 0. The maximum Gasteiger partial charge on any atom is 0.0223 e. The van der Waals surface area contributed by atoms with E-state index in [9.17, 15) is 0 Å². The average molecular weight is 212 g/mol. The van der Waals surface area contributed by atoms with Crippen molar-refractivity contribution in [3.05, 3.63) is 0 Å². The van der Waals surface area contributed by atoms with E-state index in [4.69, 9.17) is 0 Å². The summed E-state index contributed by atoms with van der Waals surface area (Å²) in [5, 5.41) is 0. The Bertz CT molecular complexity index is 177. The van der Waals surface area contributed by atoms with Crippen LogP contribution in [0.4, 0.5) is 0 Å². The van der Waals surface area contributed by atoms with E-state index in [1.807, 2.05) is 0 Å². The molecule has 0 spiro atoms. The second kappa shape index (κ2) is 5.86. The Hall–Kier alpha value is -0.0800. The van der Waals surface area contributed by atoms with Crippen LogP contribution in [0.2, 0.25) is 0 Å². The zero-order chi connectivity index (χ0) is 11.4. The van der Waals surface area contributed by atoms with Crippen LogP contribution in [-0.2, 0) is 0 Å². The minimum absolute atomic E-state index is 0.705. The molecule has 2 nitrogen and oxygen atoms in total. The minimum atomic E-state index is 0.705. The highest BCUT2D eigenvalue weighted by Gasteiger charge is 2.27. The fourth-order valence-corrected chi connectivity index (χ4v) is 2.66. The van der Waals surface area contributed by atoms with Crippen LogP contribution in [-0.4, -0.2) is 48.1 Å². The largest absolute Gasteiger partial charge is 0.300 e. The first-order valence-corrected chi connectivity index (χ1v) is 6.52. The fourth-order valence-electron chi connectivity index (χ4n) is 2.66. The summed E-state index contributed by atoms with van der Waals surface area (Å²) in [6.07, 6.45) is 1.28. The third-order valence-corrected chi connectivity index (χ3v) is 3.37. The molecule has 1 aliphatic rings. The molecule has 0 saturated carbocycles. The normalized spacial score (nSPS) is 25.4. The lowest BCUT2D eigenvalue weighted by molar-refractivity contribution is 0.0441. The van der Waals surface area contributed by atoms with Crippen molar-refractivity contribution in [1.82, 2.24) is 9.80 Å². The summed E-state index contributed by atoms with van der Waals surface area (Å²) in [4.78, 5) is 5.30. The summed E-state index contributed by atoms with van der Waals surface area (Å²) in [5.41, 5.74) is 0. The molecule has 0 amide bonds. The Morgan fingerprint density at radius 1 is 1.13 bits per heavy atom. The van der Waals surface area contributed by atoms with Crippen LogP contribution in [0.3, 0.4) is 0 Å². The molecule has 1 fully saturated rings. The second-order valence-electron chi connectivity index (χ2n) is 5.55. The molecule has 0 aromatic carbocycles. The van der Waals surface area contributed by atoms with Crippen molar-refractivity contribution in [2.24, 2.45) is 5.92 Å². The first-order valence-electron chi connectivity index (χ1n) is 6.52. The molecule has 15 heavy (non-hydrogen) atoms. The Balaban J connectivity index is 2.47. The number of nitrogens with zero attached hydrogens (tertiary/aromatic N) is 2. The Labute approximate surface area is 95.6 Å². The lowest BCUT2D eigenvalue weighted by atomic mass is 10.1. The van der Waals surface area contributed by atoms with Crippen LogP contribution in [0.25, 0.3) is 0 Å². The molecule has 1 heterocycles. The third-order valence-electron chi connectivity index (χ3n) is 3.37. The van der Waals surface area contributed by atoms with E-state index in [0.29, 0.717) is 6.04 Å². The third kappa shape index (κ3) is 3.76. The fraction of sp³-hybridized carbons (Fsp3) is 1.00. The lowest BCUT2D eigenvalue weighted by Gasteiger charge is -2.43. The molecular formula is C13H28N2. The van der Waals surface area contributed by atoms with Gasteiger partial charge in [-0.15, -0.1) is 0 Å². The predicted molar refractivity (Wildman–Crippen MR) is 67.2 cm³/mol. The number of rotatable bonds is 4. The zero-order valence-corrected chi connectivity index (χ0v) is 11.2. The van der Waals surface area contributed by atoms with Gasteiger partial charge in [-0.25, -0.2) is 0 Å². The van der Waals surface area contributed by atoms with Crippen LogP contribution >= 0.6 is 0 Å². The second-order valence-corrected chi connectivity index (χ2v) is 5.55. The molecule has 0 aromatic rings. The summed E-state index contributed by atoms with van der Waals surface area (Å²) in [7, 11) is 0. The van der Waals surface area contributed by atoms with E-state index in [1.165, 1.54) is 32.6 Å². The number of piperazine rings is 1. The van der Waals surface area contributed by atoms with Gasteiger partial charge in [0.05, 0.1) is 0 Å². The average Bonchev–Trinajstić information content (AvgIpc) is 2.16. The van der Waals surface area contributed by atoms with E-state index >= 15 is 0 Å². The summed E-state index contributed by atoms with van der Waals surface area (Å²) < 4.78 is 0. The lowest BCUT2D eigenvalue weighted by Crippen LogP contribution is -2.55. The molecule has 90 valence electrons. The van der Waals surface area contributed by atoms with Crippen molar-refractivity contribution in [3.8, 4) is 0 Å². The van der Waals surface area contributed by atoms with Crippen LogP contribution in [0.5, 0.6) is 0 Å². The minimum Gasteiger partial charge on any atom is -0.300 e. The van der Waals surface area contributed by atoms with Crippen molar-refractivity contribution in [3.63, 3.8) is 0 Å². The van der Waals surface area contributed by atoms with Crippen molar-refractivity contribution < 1.29 is 0 Å². The van der Waals surface area contributed by atoms with Gasteiger partial charge in [-0.05, 0) is 26.2 Å². The van der Waals surface area contributed by atoms with Gasteiger partial charge in [0.25, 0.3) is 0 Å². The quantitative estimate of drug-likeness (QED) is 0.706. The smallest absolute Gasteiger partial charge is 0.0223 e. The van der Waals surface area contributed by atoms with Gasteiger partial charge in [-0.2, -0.15) is 0 Å². The highest BCUT2D eigenvalue weighted by molar-refractivity contribution is 4.83.